The lowest BCUT2D eigenvalue weighted by Crippen LogP contribution is -2.38. The van der Waals surface area contributed by atoms with E-state index in [0.717, 1.165) is 24.8 Å². The fourth-order valence-corrected chi connectivity index (χ4v) is 3.13. The van der Waals surface area contributed by atoms with E-state index in [1.165, 1.54) is 11.1 Å². The van der Waals surface area contributed by atoms with Crippen molar-refractivity contribution in [2.75, 3.05) is 6.54 Å². The lowest BCUT2D eigenvalue weighted by Gasteiger charge is -2.23. The quantitative estimate of drug-likeness (QED) is 0.685. The molecule has 3 rings (SSSR count). The number of carbonyl (C=O) groups is 1. The molecule has 1 aromatic rings. The van der Waals surface area contributed by atoms with Crippen molar-refractivity contribution in [2.45, 2.75) is 31.7 Å². The number of phenols is 1. The predicted molar refractivity (Wildman–Crippen MR) is 64.0 cm³/mol. The van der Waals surface area contributed by atoms with Crippen LogP contribution in [-0.2, 0) is 18.4 Å². The molecule has 4 nitrogen and oxygen atoms in total. The van der Waals surface area contributed by atoms with Gasteiger partial charge >= 0.3 is 6.03 Å². The van der Waals surface area contributed by atoms with Crippen molar-refractivity contribution in [1.29, 1.82) is 0 Å². The van der Waals surface area contributed by atoms with Crippen LogP contribution in [0.5, 0.6) is 5.75 Å². The standard InChI is InChI=1S/C13H16N2O2/c1-2-8-9-5-6-13(7-14-12(17)15-13)10(9)3-4-11(8)16/h3-4,16H,2,5-7H2,1H3,(H2,14,15,17). The van der Waals surface area contributed by atoms with Gasteiger partial charge in [-0.05, 0) is 42.0 Å². The first-order valence-electron chi connectivity index (χ1n) is 6.06. The van der Waals surface area contributed by atoms with Gasteiger partial charge in [0.05, 0.1) is 5.54 Å². The lowest BCUT2D eigenvalue weighted by atomic mass is 9.91. The smallest absolute Gasteiger partial charge is 0.315 e. The van der Waals surface area contributed by atoms with E-state index in [0.29, 0.717) is 12.3 Å². The second-order valence-corrected chi connectivity index (χ2v) is 4.83. The Labute approximate surface area is 100 Å². The van der Waals surface area contributed by atoms with Gasteiger partial charge in [-0.2, -0.15) is 0 Å². The molecule has 0 saturated carbocycles. The fourth-order valence-electron chi connectivity index (χ4n) is 3.13. The van der Waals surface area contributed by atoms with Crippen molar-refractivity contribution in [1.82, 2.24) is 10.6 Å². The number of aromatic hydroxyl groups is 1. The Morgan fingerprint density at radius 1 is 1.47 bits per heavy atom. The molecule has 1 heterocycles. The van der Waals surface area contributed by atoms with Crippen molar-refractivity contribution in [3.63, 3.8) is 0 Å². The molecule has 90 valence electrons. The number of hydrogen-bond donors (Lipinski definition) is 3. The summed E-state index contributed by atoms with van der Waals surface area (Å²) in [6.45, 7) is 2.69. The van der Waals surface area contributed by atoms with Crippen LogP contribution < -0.4 is 10.6 Å². The zero-order valence-electron chi connectivity index (χ0n) is 9.84. The first-order valence-corrected chi connectivity index (χ1v) is 6.06. The van der Waals surface area contributed by atoms with Crippen molar-refractivity contribution < 1.29 is 9.90 Å². The van der Waals surface area contributed by atoms with E-state index in [1.807, 2.05) is 13.0 Å². The zero-order chi connectivity index (χ0) is 12.0. The molecule has 1 aromatic carbocycles. The van der Waals surface area contributed by atoms with Gasteiger partial charge in [0, 0.05) is 6.54 Å². The first kappa shape index (κ1) is 10.4. The molecule has 1 fully saturated rings. The fraction of sp³-hybridized carbons (Fsp3) is 0.462. The van der Waals surface area contributed by atoms with Gasteiger partial charge in [0.25, 0.3) is 0 Å². The Bertz CT molecular complexity index is 498. The maximum Gasteiger partial charge on any atom is 0.315 e. The molecule has 4 heteroatoms. The Morgan fingerprint density at radius 3 is 2.94 bits per heavy atom. The topological polar surface area (TPSA) is 61.4 Å². The molecule has 1 saturated heterocycles. The third-order valence-corrected chi connectivity index (χ3v) is 3.98. The van der Waals surface area contributed by atoms with E-state index in [-0.39, 0.29) is 11.6 Å². The van der Waals surface area contributed by atoms with Crippen LogP contribution in [0.15, 0.2) is 12.1 Å². The normalized spacial score (nSPS) is 25.8. The van der Waals surface area contributed by atoms with Gasteiger partial charge in [0.15, 0.2) is 0 Å². The van der Waals surface area contributed by atoms with Crippen LogP contribution in [0.3, 0.4) is 0 Å². The Morgan fingerprint density at radius 2 is 2.29 bits per heavy atom. The van der Waals surface area contributed by atoms with Gasteiger partial charge in [-0.1, -0.05) is 13.0 Å². The van der Waals surface area contributed by atoms with Crippen molar-refractivity contribution in [3.8, 4) is 5.75 Å². The summed E-state index contributed by atoms with van der Waals surface area (Å²) in [4.78, 5) is 11.4. The maximum absolute atomic E-state index is 11.4. The average Bonchev–Trinajstić information content (AvgIpc) is 2.85. The van der Waals surface area contributed by atoms with E-state index in [4.69, 9.17) is 0 Å². The largest absolute Gasteiger partial charge is 0.508 e. The lowest BCUT2D eigenvalue weighted by molar-refractivity contribution is 0.244. The summed E-state index contributed by atoms with van der Waals surface area (Å²) in [7, 11) is 0. The van der Waals surface area contributed by atoms with Crippen molar-refractivity contribution in [2.24, 2.45) is 0 Å². The molecule has 3 N–H and O–H groups in total. The van der Waals surface area contributed by atoms with Crippen LogP contribution in [-0.4, -0.2) is 17.7 Å². The average molecular weight is 232 g/mol. The summed E-state index contributed by atoms with van der Waals surface area (Å²) in [6.07, 6.45) is 2.67. The van der Waals surface area contributed by atoms with Crippen LogP contribution in [0.1, 0.15) is 30.0 Å². The summed E-state index contributed by atoms with van der Waals surface area (Å²) in [5.41, 5.74) is 3.17. The molecule has 0 aromatic heterocycles. The first-order chi connectivity index (χ1) is 8.16. The van der Waals surface area contributed by atoms with E-state index in [1.54, 1.807) is 6.07 Å². The van der Waals surface area contributed by atoms with E-state index >= 15 is 0 Å². The van der Waals surface area contributed by atoms with Gasteiger partial charge in [0.1, 0.15) is 5.75 Å². The van der Waals surface area contributed by atoms with Crippen LogP contribution in [0.25, 0.3) is 0 Å². The highest BCUT2D eigenvalue weighted by atomic mass is 16.3. The number of hydrogen-bond acceptors (Lipinski definition) is 2. The number of amides is 2. The minimum Gasteiger partial charge on any atom is -0.508 e. The second-order valence-electron chi connectivity index (χ2n) is 4.83. The van der Waals surface area contributed by atoms with Gasteiger partial charge in [-0.15, -0.1) is 0 Å². The number of phenolic OH excluding ortho intramolecular Hbond substituents is 1. The van der Waals surface area contributed by atoms with Crippen LogP contribution >= 0.6 is 0 Å². The molecule has 0 bridgehead atoms. The van der Waals surface area contributed by atoms with Crippen molar-refractivity contribution in [3.05, 3.63) is 28.8 Å². The molecule has 2 aliphatic rings. The summed E-state index contributed by atoms with van der Waals surface area (Å²) in [6, 6.07) is 3.60. The summed E-state index contributed by atoms with van der Waals surface area (Å²) < 4.78 is 0. The van der Waals surface area contributed by atoms with Crippen LogP contribution in [0.2, 0.25) is 0 Å². The Balaban J connectivity index is 2.12. The molecular weight excluding hydrogens is 216 g/mol. The highest BCUT2D eigenvalue weighted by Crippen LogP contribution is 2.42. The number of carbonyl (C=O) groups excluding carboxylic acids is 1. The molecule has 1 spiro atoms. The molecule has 2 amide bonds. The van der Waals surface area contributed by atoms with Crippen LogP contribution in [0.4, 0.5) is 4.79 Å². The molecular formula is C13H16N2O2. The highest BCUT2D eigenvalue weighted by Gasteiger charge is 2.44. The Kier molecular flexibility index (Phi) is 2.08. The number of nitrogens with one attached hydrogen (secondary N) is 2. The monoisotopic (exact) mass is 232 g/mol. The minimum atomic E-state index is -0.246. The van der Waals surface area contributed by atoms with Gasteiger partial charge in [0.2, 0.25) is 0 Å². The molecule has 1 aliphatic carbocycles. The molecule has 17 heavy (non-hydrogen) atoms. The number of urea groups is 1. The highest BCUT2D eigenvalue weighted by molar-refractivity contribution is 5.78. The minimum absolute atomic E-state index is 0.0935. The van der Waals surface area contributed by atoms with Gasteiger partial charge < -0.3 is 15.7 Å². The third-order valence-electron chi connectivity index (χ3n) is 3.98. The summed E-state index contributed by atoms with van der Waals surface area (Å²) in [5.74, 6) is 0.376. The number of fused-ring (bicyclic) bond motifs is 2. The molecule has 1 atom stereocenters. The van der Waals surface area contributed by atoms with Crippen molar-refractivity contribution >= 4 is 6.03 Å². The molecule has 0 radical (unpaired) electrons. The van der Waals surface area contributed by atoms with Gasteiger partial charge in [-0.3, -0.25) is 0 Å². The summed E-state index contributed by atoms with van der Waals surface area (Å²) in [5, 5.41) is 15.7. The van der Waals surface area contributed by atoms with E-state index in [2.05, 4.69) is 10.6 Å². The third kappa shape index (κ3) is 1.33. The van der Waals surface area contributed by atoms with E-state index < -0.39 is 0 Å². The van der Waals surface area contributed by atoms with Gasteiger partial charge in [-0.25, -0.2) is 4.79 Å². The van der Waals surface area contributed by atoms with E-state index in [9.17, 15) is 9.90 Å². The maximum atomic E-state index is 11.4. The molecule has 1 unspecified atom stereocenters. The summed E-state index contributed by atoms with van der Waals surface area (Å²) >= 11 is 0. The SMILES string of the molecule is CCc1c(O)ccc2c1CCC21CNC(=O)N1. The number of benzene rings is 1. The molecule has 1 aliphatic heterocycles. The van der Waals surface area contributed by atoms with Crippen LogP contribution in [0, 0.1) is 0 Å². The second kappa shape index (κ2) is 3.39. The zero-order valence-corrected chi connectivity index (χ0v) is 9.84. The Hall–Kier alpha value is -1.71. The predicted octanol–water partition coefficient (Wildman–Crippen LogP) is 1.41. The number of rotatable bonds is 1.